The molecule has 0 spiro atoms. The Kier molecular flexibility index (Phi) is 4.22. The topological polar surface area (TPSA) is 32.3 Å². The van der Waals surface area contributed by atoms with Crippen LogP contribution in [-0.4, -0.2) is 17.3 Å². The molecule has 1 saturated carbocycles. The van der Waals surface area contributed by atoms with Gasteiger partial charge < -0.3 is 10.4 Å². The Morgan fingerprint density at radius 2 is 1.88 bits per heavy atom. The molecule has 1 aliphatic rings. The van der Waals surface area contributed by atoms with Crippen LogP contribution in [0.15, 0.2) is 24.3 Å². The highest BCUT2D eigenvalue weighted by atomic mass is 35.5. The number of hydrogen-bond donors (Lipinski definition) is 2. The molecule has 3 heteroatoms. The summed E-state index contributed by atoms with van der Waals surface area (Å²) in [6.07, 6.45) is 4.20. The molecule has 0 heterocycles. The molecule has 88 valence electrons. The van der Waals surface area contributed by atoms with Gasteiger partial charge in [-0.2, -0.15) is 0 Å². The summed E-state index contributed by atoms with van der Waals surface area (Å²) in [6.45, 7) is 0.804. The van der Waals surface area contributed by atoms with Crippen LogP contribution in [0.1, 0.15) is 31.2 Å². The minimum Gasteiger partial charge on any atom is -0.392 e. The van der Waals surface area contributed by atoms with Crippen molar-refractivity contribution in [2.75, 3.05) is 0 Å². The maximum absolute atomic E-state index is 9.81. The average Bonchev–Trinajstić information content (AvgIpc) is 2.30. The Hall–Kier alpha value is -0.570. The molecule has 0 unspecified atom stereocenters. The highest BCUT2D eigenvalue weighted by Crippen LogP contribution is 2.19. The number of rotatable bonds is 3. The Balaban J connectivity index is 1.84. The van der Waals surface area contributed by atoms with Gasteiger partial charge in [0, 0.05) is 17.6 Å². The fourth-order valence-corrected chi connectivity index (χ4v) is 2.33. The predicted molar refractivity (Wildman–Crippen MR) is 66.6 cm³/mol. The first-order chi connectivity index (χ1) is 7.75. The number of halogens is 1. The van der Waals surface area contributed by atoms with E-state index >= 15 is 0 Å². The molecule has 1 aliphatic carbocycles. The fourth-order valence-electron chi connectivity index (χ4n) is 2.20. The minimum absolute atomic E-state index is 0.180. The molecule has 0 bridgehead atoms. The van der Waals surface area contributed by atoms with Crippen molar-refractivity contribution in [3.8, 4) is 0 Å². The van der Waals surface area contributed by atoms with Crippen LogP contribution in [0.4, 0.5) is 0 Å². The van der Waals surface area contributed by atoms with Gasteiger partial charge in [0.2, 0.25) is 0 Å². The van der Waals surface area contributed by atoms with E-state index in [1.54, 1.807) is 0 Å². The van der Waals surface area contributed by atoms with E-state index in [2.05, 4.69) is 5.32 Å². The summed E-state index contributed by atoms with van der Waals surface area (Å²) in [4.78, 5) is 0. The second-order valence-electron chi connectivity index (χ2n) is 4.47. The van der Waals surface area contributed by atoms with Crippen molar-refractivity contribution in [3.05, 3.63) is 34.9 Å². The lowest BCUT2D eigenvalue weighted by atomic mass is 9.92. The lowest BCUT2D eigenvalue weighted by Crippen LogP contribution is -2.41. The molecule has 0 saturated heterocycles. The van der Waals surface area contributed by atoms with E-state index in [-0.39, 0.29) is 12.1 Å². The predicted octanol–water partition coefficient (Wildman–Crippen LogP) is 2.73. The largest absolute Gasteiger partial charge is 0.392 e. The second kappa shape index (κ2) is 5.67. The number of aliphatic hydroxyl groups is 1. The monoisotopic (exact) mass is 239 g/mol. The van der Waals surface area contributed by atoms with Gasteiger partial charge in [0.15, 0.2) is 0 Å². The van der Waals surface area contributed by atoms with Gasteiger partial charge in [-0.3, -0.25) is 0 Å². The van der Waals surface area contributed by atoms with E-state index in [1.807, 2.05) is 24.3 Å². The molecule has 2 atom stereocenters. The van der Waals surface area contributed by atoms with Gasteiger partial charge in [0.1, 0.15) is 0 Å². The average molecular weight is 240 g/mol. The molecule has 2 rings (SSSR count). The first-order valence-corrected chi connectivity index (χ1v) is 6.29. The first-order valence-electron chi connectivity index (χ1n) is 5.91. The number of nitrogens with one attached hydrogen (secondary N) is 1. The minimum atomic E-state index is -0.180. The Labute approximate surface area is 102 Å². The van der Waals surface area contributed by atoms with Crippen molar-refractivity contribution >= 4 is 11.6 Å². The van der Waals surface area contributed by atoms with Gasteiger partial charge >= 0.3 is 0 Å². The van der Waals surface area contributed by atoms with Crippen LogP contribution in [0.2, 0.25) is 5.02 Å². The highest BCUT2D eigenvalue weighted by molar-refractivity contribution is 6.30. The quantitative estimate of drug-likeness (QED) is 0.850. The molecule has 2 nitrogen and oxygen atoms in total. The SMILES string of the molecule is O[C@@H]1CCCC[C@H]1NCc1ccc(Cl)cc1. The molecule has 1 aromatic rings. The molecule has 0 amide bonds. The van der Waals surface area contributed by atoms with Crippen LogP contribution in [0.3, 0.4) is 0 Å². The van der Waals surface area contributed by atoms with E-state index in [9.17, 15) is 5.11 Å². The van der Waals surface area contributed by atoms with Crippen molar-refractivity contribution in [2.45, 2.75) is 44.4 Å². The van der Waals surface area contributed by atoms with E-state index in [1.165, 1.54) is 12.0 Å². The van der Waals surface area contributed by atoms with E-state index in [0.29, 0.717) is 0 Å². The number of benzene rings is 1. The second-order valence-corrected chi connectivity index (χ2v) is 4.90. The third kappa shape index (κ3) is 3.21. The van der Waals surface area contributed by atoms with Crippen LogP contribution in [0.25, 0.3) is 0 Å². The molecule has 0 radical (unpaired) electrons. The van der Waals surface area contributed by atoms with Crippen LogP contribution < -0.4 is 5.32 Å². The van der Waals surface area contributed by atoms with Crippen molar-refractivity contribution in [3.63, 3.8) is 0 Å². The highest BCUT2D eigenvalue weighted by Gasteiger charge is 2.21. The third-order valence-electron chi connectivity index (χ3n) is 3.21. The van der Waals surface area contributed by atoms with Gasteiger partial charge in [-0.05, 0) is 30.5 Å². The Morgan fingerprint density at radius 1 is 1.19 bits per heavy atom. The molecular formula is C13H18ClNO. The summed E-state index contributed by atoms with van der Waals surface area (Å²) >= 11 is 5.82. The zero-order valence-corrected chi connectivity index (χ0v) is 10.1. The summed E-state index contributed by atoms with van der Waals surface area (Å²) in [7, 11) is 0. The molecular weight excluding hydrogens is 222 g/mol. The van der Waals surface area contributed by atoms with Gasteiger partial charge in [0.05, 0.1) is 6.10 Å². The van der Waals surface area contributed by atoms with Crippen molar-refractivity contribution in [1.82, 2.24) is 5.32 Å². The van der Waals surface area contributed by atoms with E-state index in [0.717, 1.165) is 30.8 Å². The normalized spacial score (nSPS) is 25.6. The Bertz CT molecular complexity index is 325. The smallest absolute Gasteiger partial charge is 0.0693 e. The van der Waals surface area contributed by atoms with Crippen molar-refractivity contribution < 1.29 is 5.11 Å². The van der Waals surface area contributed by atoms with Gasteiger partial charge in [-0.15, -0.1) is 0 Å². The summed E-state index contributed by atoms with van der Waals surface area (Å²) in [5.41, 5.74) is 1.21. The van der Waals surface area contributed by atoms with Crippen LogP contribution in [0, 0.1) is 0 Å². The molecule has 2 N–H and O–H groups in total. The summed E-state index contributed by atoms with van der Waals surface area (Å²) in [5, 5.41) is 14.0. The van der Waals surface area contributed by atoms with Crippen LogP contribution in [0.5, 0.6) is 0 Å². The zero-order valence-electron chi connectivity index (χ0n) is 9.32. The Morgan fingerprint density at radius 3 is 2.56 bits per heavy atom. The van der Waals surface area contributed by atoms with Crippen molar-refractivity contribution in [1.29, 1.82) is 0 Å². The summed E-state index contributed by atoms with van der Waals surface area (Å²) in [5.74, 6) is 0. The van der Waals surface area contributed by atoms with E-state index in [4.69, 9.17) is 11.6 Å². The molecule has 1 fully saturated rings. The third-order valence-corrected chi connectivity index (χ3v) is 3.46. The molecule has 1 aromatic carbocycles. The number of hydrogen-bond acceptors (Lipinski definition) is 2. The molecule has 0 aromatic heterocycles. The van der Waals surface area contributed by atoms with Crippen LogP contribution in [-0.2, 0) is 6.54 Å². The van der Waals surface area contributed by atoms with Gasteiger partial charge in [-0.25, -0.2) is 0 Å². The summed E-state index contributed by atoms with van der Waals surface area (Å²) < 4.78 is 0. The lowest BCUT2D eigenvalue weighted by Gasteiger charge is -2.28. The van der Waals surface area contributed by atoms with E-state index < -0.39 is 0 Å². The van der Waals surface area contributed by atoms with Crippen molar-refractivity contribution in [2.24, 2.45) is 0 Å². The molecule has 16 heavy (non-hydrogen) atoms. The van der Waals surface area contributed by atoms with Gasteiger partial charge in [0.25, 0.3) is 0 Å². The van der Waals surface area contributed by atoms with Crippen LogP contribution >= 0.6 is 11.6 Å². The lowest BCUT2D eigenvalue weighted by molar-refractivity contribution is 0.0902. The molecule has 0 aliphatic heterocycles. The standard InChI is InChI=1S/C13H18ClNO/c14-11-7-5-10(6-8-11)9-15-12-3-1-2-4-13(12)16/h5-8,12-13,15-16H,1-4,9H2/t12-,13-/m1/s1. The maximum atomic E-state index is 9.81. The van der Waals surface area contributed by atoms with Gasteiger partial charge in [-0.1, -0.05) is 36.6 Å². The summed E-state index contributed by atoms with van der Waals surface area (Å²) in [6, 6.07) is 8.09. The zero-order chi connectivity index (χ0) is 11.4. The first kappa shape index (κ1) is 11.9. The number of aliphatic hydroxyl groups excluding tert-OH is 1. The maximum Gasteiger partial charge on any atom is 0.0693 e. The fraction of sp³-hybridized carbons (Fsp3) is 0.538.